The van der Waals surface area contributed by atoms with Gasteiger partial charge in [0.15, 0.2) is 0 Å². The summed E-state index contributed by atoms with van der Waals surface area (Å²) in [6, 6.07) is 8.01. The van der Waals surface area contributed by atoms with Gasteiger partial charge in [0.2, 0.25) is 5.91 Å². The van der Waals surface area contributed by atoms with Gasteiger partial charge in [-0.15, -0.1) is 0 Å². The van der Waals surface area contributed by atoms with Crippen LogP contribution in [0.1, 0.15) is 40.0 Å². The van der Waals surface area contributed by atoms with Crippen LogP contribution in [-0.2, 0) is 4.79 Å². The first-order valence-corrected chi connectivity index (χ1v) is 9.15. The minimum absolute atomic E-state index is 0.0307. The Morgan fingerprint density at radius 2 is 1.76 bits per heavy atom. The predicted octanol–water partition coefficient (Wildman–Crippen LogP) is 2.74. The normalized spacial score (nSPS) is 14.3. The molecule has 0 radical (unpaired) electrons. The standard InChI is InChI=1S/C19H30N4O2/c1-15(2)21-19(25)20-11-14-23(16(3)24)18-9-7-17(8-10-18)22-12-5-4-6-13-22/h7-10,15H,4-6,11-14H2,1-3H3,(H2,20,21,25). The Kier molecular flexibility index (Phi) is 7.10. The molecule has 0 atom stereocenters. The summed E-state index contributed by atoms with van der Waals surface area (Å²) in [6.45, 7) is 8.43. The van der Waals surface area contributed by atoms with Gasteiger partial charge in [-0.1, -0.05) is 0 Å². The molecule has 2 rings (SSSR count). The van der Waals surface area contributed by atoms with E-state index in [1.165, 1.54) is 24.9 Å². The maximum atomic E-state index is 12.0. The van der Waals surface area contributed by atoms with E-state index in [9.17, 15) is 9.59 Å². The molecule has 3 amide bonds. The monoisotopic (exact) mass is 346 g/mol. The number of anilines is 2. The molecule has 1 saturated heterocycles. The number of nitrogens with zero attached hydrogens (tertiary/aromatic N) is 2. The second-order valence-electron chi connectivity index (χ2n) is 6.79. The average Bonchev–Trinajstić information content (AvgIpc) is 2.59. The highest BCUT2D eigenvalue weighted by Crippen LogP contribution is 2.23. The molecule has 0 unspecified atom stereocenters. The number of amides is 3. The van der Waals surface area contributed by atoms with E-state index < -0.39 is 0 Å². The van der Waals surface area contributed by atoms with Gasteiger partial charge in [-0.3, -0.25) is 4.79 Å². The van der Waals surface area contributed by atoms with Crippen LogP contribution in [-0.4, -0.2) is 44.2 Å². The number of urea groups is 1. The summed E-state index contributed by atoms with van der Waals surface area (Å²) in [4.78, 5) is 27.7. The molecule has 1 fully saturated rings. The zero-order chi connectivity index (χ0) is 18.2. The van der Waals surface area contributed by atoms with E-state index >= 15 is 0 Å². The van der Waals surface area contributed by atoms with Crippen molar-refractivity contribution in [3.63, 3.8) is 0 Å². The fourth-order valence-electron chi connectivity index (χ4n) is 3.06. The number of rotatable bonds is 6. The van der Waals surface area contributed by atoms with Gasteiger partial charge in [-0.2, -0.15) is 0 Å². The van der Waals surface area contributed by atoms with Gasteiger partial charge in [0.1, 0.15) is 0 Å². The highest BCUT2D eigenvalue weighted by Gasteiger charge is 2.14. The van der Waals surface area contributed by atoms with Gasteiger partial charge in [0.25, 0.3) is 0 Å². The SMILES string of the molecule is CC(=O)N(CCNC(=O)NC(C)C)c1ccc(N2CCCCC2)cc1. The number of nitrogens with one attached hydrogen (secondary N) is 2. The van der Waals surface area contributed by atoms with Crippen molar-refractivity contribution in [2.75, 3.05) is 36.0 Å². The second kappa shape index (κ2) is 9.30. The molecule has 1 aliphatic rings. The van der Waals surface area contributed by atoms with Crippen LogP contribution in [0.15, 0.2) is 24.3 Å². The Balaban J connectivity index is 1.92. The molecule has 0 aromatic heterocycles. The third-order valence-corrected chi connectivity index (χ3v) is 4.30. The lowest BCUT2D eigenvalue weighted by Gasteiger charge is -2.29. The first-order valence-electron chi connectivity index (χ1n) is 9.15. The fraction of sp³-hybridized carbons (Fsp3) is 0.579. The third kappa shape index (κ3) is 5.96. The van der Waals surface area contributed by atoms with Gasteiger partial charge >= 0.3 is 6.03 Å². The van der Waals surface area contributed by atoms with Crippen LogP contribution in [0.25, 0.3) is 0 Å². The lowest BCUT2D eigenvalue weighted by molar-refractivity contribution is -0.116. The number of carbonyl (C=O) groups excluding carboxylic acids is 2. The molecule has 0 saturated carbocycles. The zero-order valence-corrected chi connectivity index (χ0v) is 15.5. The van der Waals surface area contributed by atoms with E-state index in [0.29, 0.717) is 13.1 Å². The fourth-order valence-corrected chi connectivity index (χ4v) is 3.06. The summed E-state index contributed by atoms with van der Waals surface area (Å²) in [5.41, 5.74) is 2.07. The molecule has 25 heavy (non-hydrogen) atoms. The van der Waals surface area contributed by atoms with E-state index in [-0.39, 0.29) is 18.0 Å². The van der Waals surface area contributed by atoms with Gasteiger partial charge in [0.05, 0.1) is 0 Å². The second-order valence-corrected chi connectivity index (χ2v) is 6.79. The molecule has 1 aromatic carbocycles. The summed E-state index contributed by atoms with van der Waals surface area (Å²) in [5.74, 6) is -0.0307. The van der Waals surface area contributed by atoms with Gasteiger partial charge in [0, 0.05) is 50.5 Å². The Morgan fingerprint density at radius 3 is 2.32 bits per heavy atom. The minimum Gasteiger partial charge on any atom is -0.372 e. The lowest BCUT2D eigenvalue weighted by atomic mass is 10.1. The lowest BCUT2D eigenvalue weighted by Crippen LogP contribution is -2.43. The molecule has 6 nitrogen and oxygen atoms in total. The third-order valence-electron chi connectivity index (χ3n) is 4.30. The van der Waals surface area contributed by atoms with Crippen LogP contribution in [0.3, 0.4) is 0 Å². The number of benzene rings is 1. The van der Waals surface area contributed by atoms with Crippen LogP contribution in [0.2, 0.25) is 0 Å². The van der Waals surface area contributed by atoms with Crippen LogP contribution in [0.5, 0.6) is 0 Å². The van der Waals surface area contributed by atoms with E-state index in [0.717, 1.165) is 18.8 Å². The topological polar surface area (TPSA) is 64.7 Å². The molecule has 0 spiro atoms. The van der Waals surface area contributed by atoms with Crippen molar-refractivity contribution in [3.8, 4) is 0 Å². The quantitative estimate of drug-likeness (QED) is 0.832. The van der Waals surface area contributed by atoms with Crippen molar-refractivity contribution >= 4 is 23.3 Å². The van der Waals surface area contributed by atoms with Gasteiger partial charge in [-0.05, 0) is 57.4 Å². The van der Waals surface area contributed by atoms with Crippen LogP contribution in [0.4, 0.5) is 16.2 Å². The summed E-state index contributed by atoms with van der Waals surface area (Å²) in [7, 11) is 0. The van der Waals surface area contributed by atoms with Crippen molar-refractivity contribution in [3.05, 3.63) is 24.3 Å². The Morgan fingerprint density at radius 1 is 1.12 bits per heavy atom. The van der Waals surface area contributed by atoms with Gasteiger partial charge in [-0.25, -0.2) is 4.79 Å². The molecular formula is C19H30N4O2. The first kappa shape index (κ1) is 19.1. The molecule has 1 aromatic rings. The van der Waals surface area contributed by atoms with Crippen LogP contribution < -0.4 is 20.4 Å². The Labute approximate surface area is 150 Å². The molecule has 6 heteroatoms. The van der Waals surface area contributed by atoms with Crippen molar-refractivity contribution in [2.24, 2.45) is 0 Å². The molecule has 2 N–H and O–H groups in total. The highest BCUT2D eigenvalue weighted by atomic mass is 16.2. The predicted molar refractivity (Wildman–Crippen MR) is 102 cm³/mol. The van der Waals surface area contributed by atoms with E-state index in [1.54, 1.807) is 11.8 Å². The number of hydrogen-bond donors (Lipinski definition) is 2. The van der Waals surface area contributed by atoms with Crippen molar-refractivity contribution in [1.29, 1.82) is 0 Å². The van der Waals surface area contributed by atoms with Crippen molar-refractivity contribution < 1.29 is 9.59 Å². The summed E-state index contributed by atoms with van der Waals surface area (Å²) < 4.78 is 0. The van der Waals surface area contributed by atoms with E-state index in [1.807, 2.05) is 26.0 Å². The Bertz CT molecular complexity index is 565. The average molecular weight is 346 g/mol. The van der Waals surface area contributed by atoms with Crippen molar-refractivity contribution in [1.82, 2.24) is 10.6 Å². The number of carbonyl (C=O) groups is 2. The minimum atomic E-state index is -0.209. The summed E-state index contributed by atoms with van der Waals surface area (Å²) in [5, 5.41) is 5.55. The number of hydrogen-bond acceptors (Lipinski definition) is 3. The van der Waals surface area contributed by atoms with Crippen LogP contribution >= 0.6 is 0 Å². The Hall–Kier alpha value is -2.24. The molecule has 0 bridgehead atoms. The maximum Gasteiger partial charge on any atom is 0.315 e. The molecule has 138 valence electrons. The van der Waals surface area contributed by atoms with Gasteiger partial charge < -0.3 is 20.4 Å². The largest absolute Gasteiger partial charge is 0.372 e. The zero-order valence-electron chi connectivity index (χ0n) is 15.5. The summed E-state index contributed by atoms with van der Waals surface area (Å²) in [6.07, 6.45) is 3.79. The molecule has 1 aliphatic heterocycles. The van der Waals surface area contributed by atoms with Crippen LogP contribution in [0, 0.1) is 0 Å². The molecular weight excluding hydrogens is 316 g/mol. The van der Waals surface area contributed by atoms with E-state index in [4.69, 9.17) is 0 Å². The molecule has 0 aliphatic carbocycles. The maximum absolute atomic E-state index is 12.0. The smallest absolute Gasteiger partial charge is 0.315 e. The molecule has 1 heterocycles. The first-order chi connectivity index (χ1) is 12.0. The summed E-state index contributed by atoms with van der Waals surface area (Å²) >= 11 is 0. The highest BCUT2D eigenvalue weighted by molar-refractivity contribution is 5.91. The van der Waals surface area contributed by atoms with Crippen molar-refractivity contribution in [2.45, 2.75) is 46.1 Å². The number of piperidine rings is 1. The van der Waals surface area contributed by atoms with E-state index in [2.05, 4.69) is 27.7 Å².